The maximum absolute atomic E-state index is 10.7. The molecule has 0 heterocycles. The third-order valence-electron chi connectivity index (χ3n) is 2.55. The Hall–Kier alpha value is -1.55. The highest BCUT2D eigenvalue weighted by Crippen LogP contribution is 2.23. The number of carbonyl (C=O) groups excluding carboxylic acids is 1. The largest absolute Gasteiger partial charge is 0.496 e. The van der Waals surface area contributed by atoms with Crippen molar-refractivity contribution < 1.29 is 9.53 Å². The standard InChI is InChI=1S/C13H20N2O2/c1-10(14-8-9-15-11(2)16)12-6-4-5-7-13(12)17-3/h4-7,10,14H,8-9H2,1-3H3,(H,15,16)/t10-/m0/s1. The molecule has 0 spiro atoms. The van der Waals surface area contributed by atoms with E-state index in [-0.39, 0.29) is 11.9 Å². The van der Waals surface area contributed by atoms with Gasteiger partial charge in [-0.15, -0.1) is 0 Å². The van der Waals surface area contributed by atoms with Crippen LogP contribution in [0.4, 0.5) is 0 Å². The highest BCUT2D eigenvalue weighted by Gasteiger charge is 2.09. The van der Waals surface area contributed by atoms with Gasteiger partial charge in [0.25, 0.3) is 0 Å². The van der Waals surface area contributed by atoms with E-state index >= 15 is 0 Å². The average Bonchev–Trinajstić information content (AvgIpc) is 2.34. The van der Waals surface area contributed by atoms with Gasteiger partial charge in [-0.3, -0.25) is 4.79 Å². The number of para-hydroxylation sites is 1. The number of nitrogens with one attached hydrogen (secondary N) is 2. The summed E-state index contributed by atoms with van der Waals surface area (Å²) in [5.74, 6) is 0.878. The summed E-state index contributed by atoms with van der Waals surface area (Å²) >= 11 is 0. The van der Waals surface area contributed by atoms with Crippen molar-refractivity contribution in [2.75, 3.05) is 20.2 Å². The minimum atomic E-state index is -0.00301. The number of benzene rings is 1. The first kappa shape index (κ1) is 13.5. The molecule has 0 aliphatic rings. The molecule has 1 atom stereocenters. The van der Waals surface area contributed by atoms with Crippen LogP contribution in [0.2, 0.25) is 0 Å². The van der Waals surface area contributed by atoms with Crippen molar-refractivity contribution in [3.8, 4) is 5.75 Å². The van der Waals surface area contributed by atoms with Gasteiger partial charge in [0.2, 0.25) is 5.91 Å². The zero-order valence-corrected chi connectivity index (χ0v) is 10.6. The van der Waals surface area contributed by atoms with Crippen LogP contribution in [-0.4, -0.2) is 26.1 Å². The number of amides is 1. The monoisotopic (exact) mass is 236 g/mol. The Morgan fingerprint density at radius 2 is 2.06 bits per heavy atom. The Labute approximate surface area is 102 Å². The van der Waals surface area contributed by atoms with Crippen molar-refractivity contribution in [1.29, 1.82) is 0 Å². The van der Waals surface area contributed by atoms with E-state index in [9.17, 15) is 4.79 Å². The number of carbonyl (C=O) groups is 1. The summed E-state index contributed by atoms with van der Waals surface area (Å²) in [6.07, 6.45) is 0. The zero-order chi connectivity index (χ0) is 12.7. The summed E-state index contributed by atoms with van der Waals surface area (Å²) in [5, 5.41) is 6.08. The van der Waals surface area contributed by atoms with Crippen LogP contribution >= 0.6 is 0 Å². The lowest BCUT2D eigenvalue weighted by molar-refractivity contribution is -0.118. The van der Waals surface area contributed by atoms with Gasteiger partial charge < -0.3 is 15.4 Å². The van der Waals surface area contributed by atoms with Crippen molar-refractivity contribution in [3.05, 3.63) is 29.8 Å². The van der Waals surface area contributed by atoms with Crippen molar-refractivity contribution in [3.63, 3.8) is 0 Å². The van der Waals surface area contributed by atoms with Crippen LogP contribution in [0.5, 0.6) is 5.75 Å². The third-order valence-corrected chi connectivity index (χ3v) is 2.55. The summed E-state index contributed by atoms with van der Waals surface area (Å²) in [7, 11) is 1.67. The van der Waals surface area contributed by atoms with Gasteiger partial charge in [-0.1, -0.05) is 18.2 Å². The molecule has 1 aromatic rings. The van der Waals surface area contributed by atoms with E-state index in [2.05, 4.69) is 17.6 Å². The Morgan fingerprint density at radius 1 is 1.35 bits per heavy atom. The molecule has 0 saturated heterocycles. The average molecular weight is 236 g/mol. The minimum absolute atomic E-state index is 0.00301. The summed E-state index contributed by atoms with van der Waals surface area (Å²) in [5.41, 5.74) is 1.12. The smallest absolute Gasteiger partial charge is 0.216 e. The molecule has 1 amide bonds. The van der Waals surface area contributed by atoms with Gasteiger partial charge in [0.1, 0.15) is 5.75 Å². The first-order chi connectivity index (χ1) is 8.15. The Morgan fingerprint density at radius 3 is 2.71 bits per heavy atom. The maximum atomic E-state index is 10.7. The van der Waals surface area contributed by atoms with Gasteiger partial charge in [0.15, 0.2) is 0 Å². The van der Waals surface area contributed by atoms with E-state index in [4.69, 9.17) is 4.74 Å². The number of rotatable bonds is 6. The summed E-state index contributed by atoms with van der Waals surface area (Å²) in [6.45, 7) is 4.96. The molecule has 4 heteroatoms. The lowest BCUT2D eigenvalue weighted by Crippen LogP contribution is -2.31. The Bertz CT molecular complexity index is 366. The highest BCUT2D eigenvalue weighted by molar-refractivity contribution is 5.72. The fraction of sp³-hybridized carbons (Fsp3) is 0.462. The van der Waals surface area contributed by atoms with E-state index in [1.807, 2.05) is 24.3 Å². The topological polar surface area (TPSA) is 50.4 Å². The maximum Gasteiger partial charge on any atom is 0.216 e. The number of methoxy groups -OCH3 is 1. The van der Waals surface area contributed by atoms with Gasteiger partial charge in [0, 0.05) is 31.6 Å². The molecule has 0 aromatic heterocycles. The van der Waals surface area contributed by atoms with E-state index in [0.29, 0.717) is 6.54 Å². The summed E-state index contributed by atoms with van der Waals surface area (Å²) in [6, 6.07) is 8.12. The molecule has 1 rings (SSSR count). The lowest BCUT2D eigenvalue weighted by atomic mass is 10.1. The molecule has 0 radical (unpaired) electrons. The molecule has 0 aliphatic heterocycles. The molecule has 94 valence electrons. The number of ether oxygens (including phenoxy) is 1. The van der Waals surface area contributed by atoms with Crippen LogP contribution in [-0.2, 0) is 4.79 Å². The second kappa shape index (κ2) is 6.91. The minimum Gasteiger partial charge on any atom is -0.496 e. The number of hydrogen-bond donors (Lipinski definition) is 2. The molecule has 4 nitrogen and oxygen atoms in total. The zero-order valence-electron chi connectivity index (χ0n) is 10.6. The van der Waals surface area contributed by atoms with Gasteiger partial charge in [-0.2, -0.15) is 0 Å². The van der Waals surface area contributed by atoms with Crippen LogP contribution in [0.15, 0.2) is 24.3 Å². The fourth-order valence-electron chi connectivity index (χ4n) is 1.66. The van der Waals surface area contributed by atoms with Crippen molar-refractivity contribution in [2.45, 2.75) is 19.9 Å². The van der Waals surface area contributed by atoms with Crippen molar-refractivity contribution >= 4 is 5.91 Å². The van der Waals surface area contributed by atoms with E-state index < -0.39 is 0 Å². The molecule has 17 heavy (non-hydrogen) atoms. The van der Waals surface area contributed by atoms with Crippen LogP contribution in [0.3, 0.4) is 0 Å². The predicted octanol–water partition coefficient (Wildman–Crippen LogP) is 1.48. The second-order valence-corrected chi connectivity index (χ2v) is 3.90. The second-order valence-electron chi connectivity index (χ2n) is 3.90. The van der Waals surface area contributed by atoms with Gasteiger partial charge in [-0.05, 0) is 13.0 Å². The van der Waals surface area contributed by atoms with Crippen LogP contribution in [0.1, 0.15) is 25.5 Å². The van der Waals surface area contributed by atoms with E-state index in [0.717, 1.165) is 17.9 Å². The van der Waals surface area contributed by atoms with Crippen molar-refractivity contribution in [2.24, 2.45) is 0 Å². The Balaban J connectivity index is 2.46. The molecule has 0 fully saturated rings. The van der Waals surface area contributed by atoms with E-state index in [1.54, 1.807) is 7.11 Å². The first-order valence-corrected chi connectivity index (χ1v) is 5.76. The van der Waals surface area contributed by atoms with Crippen LogP contribution < -0.4 is 15.4 Å². The fourth-order valence-corrected chi connectivity index (χ4v) is 1.66. The molecule has 0 aliphatic carbocycles. The van der Waals surface area contributed by atoms with Gasteiger partial charge in [0.05, 0.1) is 7.11 Å². The van der Waals surface area contributed by atoms with E-state index in [1.165, 1.54) is 6.92 Å². The molecule has 0 saturated carbocycles. The first-order valence-electron chi connectivity index (χ1n) is 5.76. The number of hydrogen-bond acceptors (Lipinski definition) is 3. The summed E-state index contributed by atoms with van der Waals surface area (Å²) in [4.78, 5) is 10.7. The normalized spacial score (nSPS) is 11.9. The van der Waals surface area contributed by atoms with Crippen molar-refractivity contribution in [1.82, 2.24) is 10.6 Å². The molecule has 2 N–H and O–H groups in total. The highest BCUT2D eigenvalue weighted by atomic mass is 16.5. The molecule has 0 bridgehead atoms. The van der Waals surface area contributed by atoms with Crippen LogP contribution in [0.25, 0.3) is 0 Å². The third kappa shape index (κ3) is 4.44. The van der Waals surface area contributed by atoms with Gasteiger partial charge >= 0.3 is 0 Å². The SMILES string of the molecule is COc1ccccc1[C@H](C)NCCNC(C)=O. The Kier molecular flexibility index (Phi) is 5.49. The van der Waals surface area contributed by atoms with Crippen LogP contribution in [0, 0.1) is 0 Å². The quantitative estimate of drug-likeness (QED) is 0.736. The molecule has 1 aromatic carbocycles. The summed E-state index contributed by atoms with van der Waals surface area (Å²) < 4.78 is 5.30. The lowest BCUT2D eigenvalue weighted by Gasteiger charge is -2.17. The van der Waals surface area contributed by atoms with Gasteiger partial charge in [-0.25, -0.2) is 0 Å². The molecule has 0 unspecified atom stereocenters. The molecular formula is C13H20N2O2. The predicted molar refractivity (Wildman–Crippen MR) is 68.1 cm³/mol. The molecular weight excluding hydrogens is 216 g/mol.